The fraction of sp³-hybridized carbons (Fsp3) is 0.333. The van der Waals surface area contributed by atoms with Crippen molar-refractivity contribution in [3.05, 3.63) is 48.0 Å². The summed E-state index contributed by atoms with van der Waals surface area (Å²) in [5, 5.41) is 4.87. The Balaban J connectivity index is 1.78. The number of urea groups is 1. The third-order valence-corrected chi connectivity index (χ3v) is 3.09. The highest BCUT2D eigenvalue weighted by Crippen LogP contribution is 2.18. The zero-order chi connectivity index (χ0) is 17.6. The molecule has 0 heterocycles. The van der Waals surface area contributed by atoms with Crippen molar-refractivity contribution in [3.63, 3.8) is 0 Å². The molecule has 6 heteroatoms. The Bertz CT molecular complexity index is 717. The predicted molar refractivity (Wildman–Crippen MR) is 91.1 cm³/mol. The van der Waals surface area contributed by atoms with Gasteiger partial charge in [0.15, 0.2) is 6.61 Å². The van der Waals surface area contributed by atoms with Gasteiger partial charge < -0.3 is 10.1 Å². The standard InChI is InChI=1S/C18H22N2O4/c1-18(2,3)24-16(21)12-23-20-17(22)19-11-14-9-6-8-13-7-4-5-10-15(13)14/h4-10H,11-12H2,1-3H3,(H2,19,20,22). The molecule has 2 amide bonds. The molecule has 2 N–H and O–H groups in total. The van der Waals surface area contributed by atoms with Crippen LogP contribution in [0.2, 0.25) is 0 Å². The first-order valence-corrected chi connectivity index (χ1v) is 7.69. The summed E-state index contributed by atoms with van der Waals surface area (Å²) < 4.78 is 5.06. The summed E-state index contributed by atoms with van der Waals surface area (Å²) in [5.74, 6) is -0.545. The molecule has 0 aliphatic rings. The average molecular weight is 330 g/mol. The largest absolute Gasteiger partial charge is 0.458 e. The molecule has 0 aliphatic heterocycles. The molecule has 24 heavy (non-hydrogen) atoms. The van der Waals surface area contributed by atoms with Crippen LogP contribution in [0.4, 0.5) is 4.79 Å². The van der Waals surface area contributed by atoms with E-state index in [1.54, 1.807) is 20.8 Å². The lowest BCUT2D eigenvalue weighted by Gasteiger charge is -2.19. The number of hydroxylamine groups is 1. The van der Waals surface area contributed by atoms with Crippen molar-refractivity contribution in [2.75, 3.05) is 6.61 Å². The van der Waals surface area contributed by atoms with E-state index in [2.05, 4.69) is 10.8 Å². The second-order valence-electron chi connectivity index (χ2n) is 6.30. The maximum absolute atomic E-state index is 11.7. The average Bonchev–Trinajstić information content (AvgIpc) is 2.51. The lowest BCUT2D eigenvalue weighted by Crippen LogP contribution is -2.37. The molecule has 2 aromatic carbocycles. The van der Waals surface area contributed by atoms with Crippen LogP contribution in [-0.2, 0) is 20.9 Å². The molecule has 0 unspecified atom stereocenters. The van der Waals surface area contributed by atoms with E-state index >= 15 is 0 Å². The topological polar surface area (TPSA) is 76.7 Å². The van der Waals surface area contributed by atoms with Gasteiger partial charge in [0.2, 0.25) is 0 Å². The van der Waals surface area contributed by atoms with Crippen LogP contribution in [0.1, 0.15) is 26.3 Å². The number of rotatable bonds is 5. The Kier molecular flexibility index (Phi) is 5.76. The molecule has 0 radical (unpaired) electrons. The lowest BCUT2D eigenvalue weighted by atomic mass is 10.0. The van der Waals surface area contributed by atoms with Gasteiger partial charge in [-0.25, -0.2) is 15.1 Å². The van der Waals surface area contributed by atoms with E-state index in [1.807, 2.05) is 42.5 Å². The molecule has 0 saturated heterocycles. The molecule has 0 bridgehead atoms. The van der Waals surface area contributed by atoms with Crippen molar-refractivity contribution in [2.45, 2.75) is 32.9 Å². The third-order valence-electron chi connectivity index (χ3n) is 3.09. The highest BCUT2D eigenvalue weighted by molar-refractivity contribution is 5.86. The van der Waals surface area contributed by atoms with Gasteiger partial charge in [0.1, 0.15) is 5.60 Å². The van der Waals surface area contributed by atoms with Crippen LogP contribution < -0.4 is 10.8 Å². The van der Waals surface area contributed by atoms with Crippen LogP contribution in [0.25, 0.3) is 10.8 Å². The molecule has 0 aromatic heterocycles. The van der Waals surface area contributed by atoms with Gasteiger partial charge in [0.05, 0.1) is 0 Å². The van der Waals surface area contributed by atoms with Crippen molar-refractivity contribution in [3.8, 4) is 0 Å². The Morgan fingerprint density at radius 1 is 1.04 bits per heavy atom. The van der Waals surface area contributed by atoms with Crippen molar-refractivity contribution in [2.24, 2.45) is 0 Å². The van der Waals surface area contributed by atoms with Gasteiger partial charge in [-0.1, -0.05) is 42.5 Å². The zero-order valence-corrected chi connectivity index (χ0v) is 14.1. The fourth-order valence-electron chi connectivity index (χ4n) is 2.19. The van der Waals surface area contributed by atoms with Gasteiger partial charge in [-0.2, -0.15) is 0 Å². The number of ether oxygens (including phenoxy) is 1. The quantitative estimate of drug-likeness (QED) is 0.653. The number of hydrogen-bond acceptors (Lipinski definition) is 4. The first kappa shape index (κ1) is 17.7. The van der Waals surface area contributed by atoms with Crippen LogP contribution >= 0.6 is 0 Å². The van der Waals surface area contributed by atoms with Crippen LogP contribution in [0.15, 0.2) is 42.5 Å². The van der Waals surface area contributed by atoms with E-state index in [9.17, 15) is 9.59 Å². The summed E-state index contributed by atoms with van der Waals surface area (Å²) in [4.78, 5) is 28.0. The highest BCUT2D eigenvalue weighted by Gasteiger charge is 2.16. The summed E-state index contributed by atoms with van der Waals surface area (Å²) in [7, 11) is 0. The molecule has 0 fully saturated rings. The maximum atomic E-state index is 11.7. The van der Waals surface area contributed by atoms with Gasteiger partial charge in [0.25, 0.3) is 0 Å². The van der Waals surface area contributed by atoms with Gasteiger partial charge in [0, 0.05) is 6.54 Å². The highest BCUT2D eigenvalue weighted by atomic mass is 16.7. The molecule has 128 valence electrons. The minimum Gasteiger partial charge on any atom is -0.458 e. The Hall–Kier alpha value is -2.60. The van der Waals surface area contributed by atoms with Gasteiger partial charge in [-0.05, 0) is 37.1 Å². The Morgan fingerprint density at radius 3 is 2.50 bits per heavy atom. The predicted octanol–water partition coefficient (Wildman–Crippen LogP) is 2.91. The van der Waals surface area contributed by atoms with Gasteiger partial charge in [-0.3, -0.25) is 4.84 Å². The Morgan fingerprint density at radius 2 is 1.75 bits per heavy atom. The SMILES string of the molecule is CC(C)(C)OC(=O)CONC(=O)NCc1cccc2ccccc12. The summed E-state index contributed by atoms with van der Waals surface area (Å²) in [5.41, 5.74) is 2.58. The number of carbonyl (C=O) groups is 2. The molecule has 2 rings (SSSR count). The maximum Gasteiger partial charge on any atom is 0.338 e. The van der Waals surface area contributed by atoms with E-state index in [4.69, 9.17) is 9.57 Å². The first-order chi connectivity index (χ1) is 11.3. The first-order valence-electron chi connectivity index (χ1n) is 7.69. The molecule has 0 aliphatic carbocycles. The smallest absolute Gasteiger partial charge is 0.338 e. The van der Waals surface area contributed by atoms with E-state index in [0.717, 1.165) is 16.3 Å². The summed E-state index contributed by atoms with van der Waals surface area (Å²) in [6.07, 6.45) is 0. The van der Waals surface area contributed by atoms with Crippen molar-refractivity contribution in [1.29, 1.82) is 0 Å². The fourth-order valence-corrected chi connectivity index (χ4v) is 2.19. The molecule has 2 aromatic rings. The molecular weight excluding hydrogens is 308 g/mol. The summed E-state index contributed by atoms with van der Waals surface area (Å²) in [6.45, 7) is 5.28. The van der Waals surface area contributed by atoms with Crippen molar-refractivity contribution >= 4 is 22.8 Å². The molecule has 0 spiro atoms. The number of esters is 1. The second kappa shape index (κ2) is 7.79. The third kappa shape index (κ3) is 5.55. The Labute approximate surface area is 141 Å². The van der Waals surface area contributed by atoms with Crippen molar-refractivity contribution in [1.82, 2.24) is 10.8 Å². The van der Waals surface area contributed by atoms with Crippen LogP contribution in [0, 0.1) is 0 Å². The normalized spacial score (nSPS) is 11.1. The zero-order valence-electron chi connectivity index (χ0n) is 14.1. The number of nitrogens with one attached hydrogen (secondary N) is 2. The number of carbonyl (C=O) groups excluding carboxylic acids is 2. The minimum atomic E-state index is -0.586. The van der Waals surface area contributed by atoms with Gasteiger partial charge in [-0.15, -0.1) is 0 Å². The number of hydrogen-bond donors (Lipinski definition) is 2. The minimum absolute atomic E-state index is 0.348. The van der Waals surface area contributed by atoms with E-state index in [0.29, 0.717) is 6.54 Å². The van der Waals surface area contributed by atoms with E-state index in [-0.39, 0.29) is 6.61 Å². The van der Waals surface area contributed by atoms with Crippen LogP contribution in [-0.4, -0.2) is 24.2 Å². The molecule has 0 atom stereocenters. The van der Waals surface area contributed by atoms with Crippen LogP contribution in [0.5, 0.6) is 0 Å². The molecule has 6 nitrogen and oxygen atoms in total. The lowest BCUT2D eigenvalue weighted by molar-refractivity contribution is -0.161. The van der Waals surface area contributed by atoms with Crippen LogP contribution in [0.3, 0.4) is 0 Å². The summed E-state index contributed by atoms with van der Waals surface area (Å²) >= 11 is 0. The van der Waals surface area contributed by atoms with Crippen molar-refractivity contribution < 1.29 is 19.2 Å². The number of benzene rings is 2. The number of fused-ring (bicyclic) bond motifs is 1. The molecule has 0 saturated carbocycles. The monoisotopic (exact) mass is 330 g/mol. The summed E-state index contributed by atoms with van der Waals surface area (Å²) in [6, 6.07) is 13.3. The second-order valence-corrected chi connectivity index (χ2v) is 6.30. The van der Waals surface area contributed by atoms with E-state index < -0.39 is 17.6 Å². The van der Waals surface area contributed by atoms with Gasteiger partial charge >= 0.3 is 12.0 Å². The molecular formula is C18H22N2O4. The van der Waals surface area contributed by atoms with E-state index in [1.165, 1.54) is 0 Å². The number of amides is 2.